The van der Waals surface area contributed by atoms with Gasteiger partial charge in [-0.1, -0.05) is 0 Å². The van der Waals surface area contributed by atoms with Crippen molar-refractivity contribution >= 4 is 18.3 Å². The maximum Gasteiger partial charge on any atom is 0.220 e. The minimum atomic E-state index is 0. The van der Waals surface area contributed by atoms with Gasteiger partial charge in [-0.15, -0.1) is 12.4 Å². The lowest BCUT2D eigenvalue weighted by molar-refractivity contribution is -0.122. The Kier molecular flexibility index (Phi) is 5.58. The van der Waals surface area contributed by atoms with Crippen LogP contribution in [0.25, 0.3) is 0 Å². The highest BCUT2D eigenvalue weighted by Crippen LogP contribution is 2.16. The van der Waals surface area contributed by atoms with Gasteiger partial charge in [-0.05, 0) is 45.2 Å². The Balaban J connectivity index is 0.00000161. The van der Waals surface area contributed by atoms with Gasteiger partial charge in [-0.2, -0.15) is 5.10 Å². The van der Waals surface area contributed by atoms with Crippen LogP contribution >= 0.6 is 12.4 Å². The number of aromatic nitrogens is 3. The lowest BCUT2D eigenvalue weighted by atomic mass is 10.0. The summed E-state index contributed by atoms with van der Waals surface area (Å²) in [6, 6.07) is 0.206. The number of hydrogen-bond donors (Lipinski definition) is 2. The lowest BCUT2D eigenvalue weighted by Gasteiger charge is -2.23. The van der Waals surface area contributed by atoms with Crippen molar-refractivity contribution in [3.63, 3.8) is 0 Å². The molecule has 0 aromatic carbocycles. The van der Waals surface area contributed by atoms with E-state index >= 15 is 0 Å². The minimum Gasteiger partial charge on any atom is -0.351 e. The molecule has 0 radical (unpaired) electrons. The highest BCUT2D eigenvalue weighted by Gasteiger charge is 2.23. The highest BCUT2D eigenvalue weighted by atomic mass is 35.5. The maximum atomic E-state index is 12.0. The Morgan fingerprint density at radius 3 is 3.10 bits per heavy atom. The van der Waals surface area contributed by atoms with Gasteiger partial charge in [0.1, 0.15) is 11.6 Å². The first-order chi connectivity index (χ1) is 9.70. The van der Waals surface area contributed by atoms with Gasteiger partial charge in [-0.25, -0.2) is 9.67 Å². The van der Waals surface area contributed by atoms with E-state index in [9.17, 15) is 4.79 Å². The second-order valence-corrected chi connectivity index (χ2v) is 5.96. The molecule has 2 aliphatic heterocycles. The van der Waals surface area contributed by atoms with Crippen LogP contribution in [0.15, 0.2) is 0 Å². The van der Waals surface area contributed by atoms with Crippen LogP contribution in [0.4, 0.5) is 0 Å². The van der Waals surface area contributed by atoms with Crippen LogP contribution in [0, 0.1) is 12.8 Å². The second kappa shape index (κ2) is 7.22. The molecule has 1 amide bonds. The fourth-order valence-electron chi connectivity index (χ4n) is 3.15. The predicted molar refractivity (Wildman–Crippen MR) is 82.5 cm³/mol. The molecule has 0 spiro atoms. The zero-order valence-electron chi connectivity index (χ0n) is 12.5. The normalized spacial score (nSPS) is 24.2. The fraction of sp³-hybridized carbons (Fsp3) is 0.786. The monoisotopic (exact) mass is 313 g/mol. The van der Waals surface area contributed by atoms with Gasteiger partial charge < -0.3 is 10.6 Å². The summed E-state index contributed by atoms with van der Waals surface area (Å²) in [5, 5.41) is 10.8. The predicted octanol–water partition coefficient (Wildman–Crippen LogP) is 0.829. The molecule has 3 rings (SSSR count). The zero-order chi connectivity index (χ0) is 13.9. The van der Waals surface area contributed by atoms with Gasteiger partial charge >= 0.3 is 0 Å². The van der Waals surface area contributed by atoms with Crippen molar-refractivity contribution in [1.82, 2.24) is 25.4 Å². The summed E-state index contributed by atoms with van der Waals surface area (Å²) in [4.78, 5) is 16.4. The van der Waals surface area contributed by atoms with Crippen LogP contribution in [0.1, 0.15) is 37.3 Å². The Labute approximate surface area is 131 Å². The number of carbonyl (C=O) groups is 1. The van der Waals surface area contributed by atoms with E-state index < -0.39 is 0 Å². The van der Waals surface area contributed by atoms with E-state index in [1.54, 1.807) is 0 Å². The van der Waals surface area contributed by atoms with E-state index in [1.165, 1.54) is 6.42 Å². The van der Waals surface area contributed by atoms with E-state index in [0.29, 0.717) is 12.3 Å². The number of carbonyl (C=O) groups excluding carboxylic acids is 1. The van der Waals surface area contributed by atoms with Gasteiger partial charge in [-0.3, -0.25) is 4.79 Å². The van der Waals surface area contributed by atoms with Gasteiger partial charge in [0.05, 0.1) is 6.54 Å². The van der Waals surface area contributed by atoms with Crippen molar-refractivity contribution in [2.75, 3.05) is 13.1 Å². The van der Waals surface area contributed by atoms with Crippen LogP contribution in [-0.2, 0) is 17.8 Å². The summed E-state index contributed by atoms with van der Waals surface area (Å²) in [6.45, 7) is 4.84. The zero-order valence-corrected chi connectivity index (χ0v) is 13.3. The third-order valence-corrected chi connectivity index (χ3v) is 4.27. The largest absolute Gasteiger partial charge is 0.351 e. The van der Waals surface area contributed by atoms with Crippen molar-refractivity contribution in [3.8, 4) is 0 Å². The molecule has 1 saturated heterocycles. The minimum absolute atomic E-state index is 0. The molecule has 0 saturated carbocycles. The van der Waals surface area contributed by atoms with Crippen molar-refractivity contribution in [1.29, 1.82) is 0 Å². The van der Waals surface area contributed by atoms with E-state index in [4.69, 9.17) is 0 Å². The summed E-state index contributed by atoms with van der Waals surface area (Å²) in [5.74, 6) is 2.73. The summed E-state index contributed by atoms with van der Waals surface area (Å²) in [6.07, 6.45) is 4.72. The smallest absolute Gasteiger partial charge is 0.220 e. The Hall–Kier alpha value is -1.14. The fourth-order valence-corrected chi connectivity index (χ4v) is 3.15. The molecule has 0 bridgehead atoms. The first-order valence-electron chi connectivity index (χ1n) is 7.61. The third-order valence-electron chi connectivity index (χ3n) is 4.27. The molecule has 7 heteroatoms. The number of fused-ring (bicyclic) bond motifs is 1. The number of amides is 1. The summed E-state index contributed by atoms with van der Waals surface area (Å²) in [7, 11) is 0. The van der Waals surface area contributed by atoms with Crippen LogP contribution in [0.3, 0.4) is 0 Å². The molecule has 6 nitrogen and oxygen atoms in total. The Morgan fingerprint density at radius 2 is 2.33 bits per heavy atom. The van der Waals surface area contributed by atoms with E-state index in [0.717, 1.165) is 50.5 Å². The van der Waals surface area contributed by atoms with Crippen LogP contribution in [0.5, 0.6) is 0 Å². The van der Waals surface area contributed by atoms with Crippen LogP contribution in [0.2, 0.25) is 0 Å². The summed E-state index contributed by atoms with van der Waals surface area (Å²) < 4.78 is 1.94. The SMILES string of the molecule is Cc1nc2n(n1)CC(NC(=O)CCC1CCNC1)CC2.Cl. The van der Waals surface area contributed by atoms with Crippen molar-refractivity contribution in [3.05, 3.63) is 11.6 Å². The first-order valence-corrected chi connectivity index (χ1v) is 7.61. The van der Waals surface area contributed by atoms with Gasteiger partial charge in [0.2, 0.25) is 5.91 Å². The standard InChI is InChI=1S/C14H23N5O.ClH/c1-10-16-13-4-3-12(9-19(13)18-10)17-14(20)5-2-11-6-7-15-8-11;/h11-12,15H,2-9H2,1H3,(H,17,20);1H. The third kappa shape index (κ3) is 4.17. The molecule has 1 aromatic rings. The molecule has 2 unspecified atom stereocenters. The van der Waals surface area contributed by atoms with Crippen molar-refractivity contribution < 1.29 is 4.79 Å². The number of nitrogens with one attached hydrogen (secondary N) is 2. The maximum absolute atomic E-state index is 12.0. The molecule has 2 N–H and O–H groups in total. The molecule has 1 aromatic heterocycles. The van der Waals surface area contributed by atoms with E-state index in [1.807, 2.05) is 11.6 Å². The highest BCUT2D eigenvalue weighted by molar-refractivity contribution is 5.85. The average Bonchev–Trinajstić information content (AvgIpc) is 3.04. The van der Waals surface area contributed by atoms with E-state index in [-0.39, 0.29) is 24.4 Å². The second-order valence-electron chi connectivity index (χ2n) is 5.96. The average molecular weight is 314 g/mol. The molecule has 2 aliphatic rings. The number of aryl methyl sites for hydroxylation is 2. The molecule has 21 heavy (non-hydrogen) atoms. The lowest BCUT2D eigenvalue weighted by Crippen LogP contribution is -2.41. The van der Waals surface area contributed by atoms with Gasteiger partial charge in [0.25, 0.3) is 0 Å². The molecular formula is C14H24ClN5O. The number of halogens is 1. The molecular weight excluding hydrogens is 290 g/mol. The van der Waals surface area contributed by atoms with Crippen molar-refractivity contribution in [2.24, 2.45) is 5.92 Å². The number of nitrogens with zero attached hydrogens (tertiary/aromatic N) is 3. The van der Waals surface area contributed by atoms with Crippen LogP contribution in [-0.4, -0.2) is 39.8 Å². The molecule has 3 heterocycles. The first kappa shape index (κ1) is 16.2. The number of rotatable bonds is 4. The van der Waals surface area contributed by atoms with Crippen molar-refractivity contribution in [2.45, 2.75) is 51.6 Å². The topological polar surface area (TPSA) is 71.8 Å². The Bertz CT molecular complexity index is 484. The quantitative estimate of drug-likeness (QED) is 0.863. The van der Waals surface area contributed by atoms with Gasteiger partial charge in [0.15, 0.2) is 0 Å². The summed E-state index contributed by atoms with van der Waals surface area (Å²) >= 11 is 0. The van der Waals surface area contributed by atoms with E-state index in [2.05, 4.69) is 20.7 Å². The number of hydrogen-bond acceptors (Lipinski definition) is 4. The molecule has 0 aliphatic carbocycles. The molecule has 1 fully saturated rings. The summed E-state index contributed by atoms with van der Waals surface area (Å²) in [5.41, 5.74) is 0. The molecule has 2 atom stereocenters. The molecule has 118 valence electrons. The Morgan fingerprint density at radius 1 is 1.48 bits per heavy atom. The van der Waals surface area contributed by atoms with Crippen LogP contribution < -0.4 is 10.6 Å². The van der Waals surface area contributed by atoms with Gasteiger partial charge in [0, 0.05) is 18.9 Å².